The summed E-state index contributed by atoms with van der Waals surface area (Å²) < 4.78 is 6.50. The van der Waals surface area contributed by atoms with Gasteiger partial charge < -0.3 is 15.4 Å². The Morgan fingerprint density at radius 3 is 2.69 bits per heavy atom. The van der Waals surface area contributed by atoms with Crippen LogP contribution in [0.1, 0.15) is 13.8 Å². The van der Waals surface area contributed by atoms with E-state index in [-0.39, 0.29) is 24.6 Å². The number of benzene rings is 2. The van der Waals surface area contributed by atoms with Crippen LogP contribution in [0.15, 0.2) is 75.8 Å². The Kier molecular flexibility index (Phi) is 5.80. The van der Waals surface area contributed by atoms with Crippen molar-refractivity contribution in [1.82, 2.24) is 14.9 Å². The SMILES string of the molecule is CCOC(=O)C1=C(C)Nc2ccccc2N=C1NC(=O)Cn1c(=O)cnc2ccccc21. The van der Waals surface area contributed by atoms with E-state index in [0.29, 0.717) is 28.1 Å². The van der Waals surface area contributed by atoms with Crippen LogP contribution in [0.4, 0.5) is 11.4 Å². The lowest BCUT2D eigenvalue weighted by atomic mass is 10.2. The third-order valence-electron chi connectivity index (χ3n) is 4.86. The highest BCUT2D eigenvalue weighted by molar-refractivity contribution is 6.24. The summed E-state index contributed by atoms with van der Waals surface area (Å²) in [5.41, 5.74) is 2.55. The van der Waals surface area contributed by atoms with Gasteiger partial charge in [0.2, 0.25) is 5.91 Å². The van der Waals surface area contributed by atoms with E-state index in [1.165, 1.54) is 10.8 Å². The third-order valence-corrected chi connectivity index (χ3v) is 4.86. The molecule has 0 fully saturated rings. The van der Waals surface area contributed by atoms with Gasteiger partial charge in [0.15, 0.2) is 0 Å². The van der Waals surface area contributed by atoms with Crippen molar-refractivity contribution in [3.05, 3.63) is 76.4 Å². The summed E-state index contributed by atoms with van der Waals surface area (Å²) in [5, 5.41) is 5.84. The molecule has 0 atom stereocenters. The Morgan fingerprint density at radius 1 is 1.12 bits per heavy atom. The molecule has 0 saturated carbocycles. The topological polar surface area (TPSA) is 115 Å². The van der Waals surface area contributed by atoms with Crippen molar-refractivity contribution >= 4 is 40.1 Å². The minimum atomic E-state index is -0.615. The molecule has 9 heteroatoms. The number of amidine groups is 1. The van der Waals surface area contributed by atoms with Gasteiger partial charge in [-0.05, 0) is 38.1 Å². The van der Waals surface area contributed by atoms with Gasteiger partial charge in [-0.25, -0.2) is 14.8 Å². The maximum atomic E-state index is 13.0. The van der Waals surface area contributed by atoms with Gasteiger partial charge in [0.25, 0.3) is 5.56 Å². The van der Waals surface area contributed by atoms with Crippen LogP contribution in [0.3, 0.4) is 0 Å². The number of hydrogen-bond donors (Lipinski definition) is 2. The molecule has 2 aromatic carbocycles. The number of nitrogens with zero attached hydrogens (tertiary/aromatic N) is 3. The number of ether oxygens (including phenoxy) is 1. The quantitative estimate of drug-likeness (QED) is 0.614. The summed E-state index contributed by atoms with van der Waals surface area (Å²) in [6.45, 7) is 3.30. The molecule has 1 amide bonds. The van der Waals surface area contributed by atoms with Gasteiger partial charge in [0, 0.05) is 5.70 Å². The number of amides is 1. The van der Waals surface area contributed by atoms with Crippen LogP contribution >= 0.6 is 0 Å². The van der Waals surface area contributed by atoms with Crippen molar-refractivity contribution in [2.24, 2.45) is 4.99 Å². The van der Waals surface area contributed by atoms with Crippen LogP contribution in [0, 0.1) is 0 Å². The maximum absolute atomic E-state index is 13.0. The first-order chi connectivity index (χ1) is 15.5. The number of allylic oxidation sites excluding steroid dienone is 1. The van der Waals surface area contributed by atoms with E-state index in [0.717, 1.165) is 0 Å². The molecular formula is C23H21N5O4. The number of esters is 1. The number of anilines is 1. The number of carbonyl (C=O) groups excluding carboxylic acids is 2. The third kappa shape index (κ3) is 4.13. The Bertz CT molecular complexity index is 1340. The predicted octanol–water partition coefficient (Wildman–Crippen LogP) is 2.51. The molecule has 0 radical (unpaired) electrons. The highest BCUT2D eigenvalue weighted by Crippen LogP contribution is 2.30. The Balaban J connectivity index is 1.71. The molecule has 3 aromatic rings. The molecule has 162 valence electrons. The van der Waals surface area contributed by atoms with Crippen molar-refractivity contribution in [3.8, 4) is 0 Å². The lowest BCUT2D eigenvalue weighted by Crippen LogP contribution is -2.39. The number of aromatic nitrogens is 2. The maximum Gasteiger partial charge on any atom is 0.343 e. The lowest BCUT2D eigenvalue weighted by molar-refractivity contribution is -0.137. The number of nitrogens with one attached hydrogen (secondary N) is 2. The van der Waals surface area contributed by atoms with Gasteiger partial charge in [-0.2, -0.15) is 0 Å². The van der Waals surface area contributed by atoms with E-state index < -0.39 is 17.4 Å². The average molecular weight is 431 g/mol. The van der Waals surface area contributed by atoms with Crippen molar-refractivity contribution in [1.29, 1.82) is 0 Å². The fourth-order valence-electron chi connectivity index (χ4n) is 3.43. The van der Waals surface area contributed by atoms with Gasteiger partial charge in [0.1, 0.15) is 18.0 Å². The molecule has 2 N–H and O–H groups in total. The second kappa shape index (κ2) is 8.84. The molecule has 0 bridgehead atoms. The fraction of sp³-hybridized carbons (Fsp3) is 0.174. The van der Waals surface area contributed by atoms with Crippen LogP contribution < -0.4 is 16.2 Å². The molecule has 0 unspecified atom stereocenters. The molecule has 0 spiro atoms. The van der Waals surface area contributed by atoms with Gasteiger partial charge in [-0.3, -0.25) is 14.2 Å². The highest BCUT2D eigenvalue weighted by atomic mass is 16.5. The summed E-state index contributed by atoms with van der Waals surface area (Å²) in [5.74, 6) is -1.08. The Morgan fingerprint density at radius 2 is 1.88 bits per heavy atom. The highest BCUT2D eigenvalue weighted by Gasteiger charge is 2.26. The van der Waals surface area contributed by atoms with Crippen LogP contribution in [-0.4, -0.2) is 33.9 Å². The average Bonchev–Trinajstić information content (AvgIpc) is 2.91. The van der Waals surface area contributed by atoms with Crippen molar-refractivity contribution in [2.75, 3.05) is 11.9 Å². The van der Waals surface area contributed by atoms with Gasteiger partial charge >= 0.3 is 5.97 Å². The summed E-state index contributed by atoms with van der Waals surface area (Å²) in [6, 6.07) is 14.3. The summed E-state index contributed by atoms with van der Waals surface area (Å²) in [6.07, 6.45) is 1.17. The molecule has 32 heavy (non-hydrogen) atoms. The van der Waals surface area contributed by atoms with E-state index in [1.807, 2.05) is 12.1 Å². The van der Waals surface area contributed by atoms with Gasteiger partial charge in [-0.15, -0.1) is 0 Å². The number of fused-ring (bicyclic) bond motifs is 2. The molecule has 4 rings (SSSR count). The second-order valence-corrected chi connectivity index (χ2v) is 7.04. The largest absolute Gasteiger partial charge is 0.462 e. The lowest BCUT2D eigenvalue weighted by Gasteiger charge is -2.14. The van der Waals surface area contributed by atoms with Crippen LogP contribution in [0.25, 0.3) is 11.0 Å². The number of aliphatic imine (C=N–C) groups is 1. The standard InChI is InChI=1S/C23H21N5O4/c1-3-32-23(31)21-14(2)25-15-8-4-5-9-16(15)26-22(21)27-19(29)13-28-18-11-7-6-10-17(18)24-12-20(28)30/h4-12,25H,3,13H2,1-2H3,(H,26,27,29). The van der Waals surface area contributed by atoms with Crippen LogP contribution in [0.5, 0.6) is 0 Å². The molecule has 0 aliphatic carbocycles. The first kappa shape index (κ1) is 21.0. The summed E-state index contributed by atoms with van der Waals surface area (Å²) >= 11 is 0. The van der Waals surface area contributed by atoms with Crippen molar-refractivity contribution < 1.29 is 14.3 Å². The molecule has 9 nitrogen and oxygen atoms in total. The number of para-hydroxylation sites is 4. The van der Waals surface area contributed by atoms with Crippen molar-refractivity contribution in [3.63, 3.8) is 0 Å². The predicted molar refractivity (Wildman–Crippen MR) is 121 cm³/mol. The van der Waals surface area contributed by atoms with E-state index >= 15 is 0 Å². The van der Waals surface area contributed by atoms with Crippen molar-refractivity contribution in [2.45, 2.75) is 20.4 Å². The van der Waals surface area contributed by atoms with Crippen LogP contribution in [0.2, 0.25) is 0 Å². The zero-order chi connectivity index (χ0) is 22.7. The molecule has 2 heterocycles. The van der Waals surface area contributed by atoms with E-state index in [4.69, 9.17) is 4.74 Å². The minimum absolute atomic E-state index is 0.0508. The molecule has 1 aromatic heterocycles. The van der Waals surface area contributed by atoms with E-state index in [9.17, 15) is 14.4 Å². The summed E-state index contributed by atoms with van der Waals surface area (Å²) in [7, 11) is 0. The minimum Gasteiger partial charge on any atom is -0.462 e. The van der Waals surface area contributed by atoms with E-state index in [2.05, 4.69) is 20.6 Å². The van der Waals surface area contributed by atoms with Gasteiger partial charge in [0.05, 0.1) is 35.2 Å². The first-order valence-electron chi connectivity index (χ1n) is 10.1. The van der Waals surface area contributed by atoms with Gasteiger partial charge in [-0.1, -0.05) is 24.3 Å². The number of hydrogen-bond acceptors (Lipinski definition) is 7. The Labute approximate surface area is 183 Å². The normalized spacial score (nSPS) is 13.0. The first-order valence-corrected chi connectivity index (χ1v) is 10.1. The Hall–Kier alpha value is -4.27. The van der Waals surface area contributed by atoms with E-state index in [1.54, 1.807) is 50.2 Å². The molecule has 0 saturated heterocycles. The molecule has 1 aliphatic heterocycles. The number of carbonyl (C=O) groups is 2. The molecule has 1 aliphatic rings. The fourth-order valence-corrected chi connectivity index (χ4v) is 3.43. The number of rotatable bonds is 4. The summed E-state index contributed by atoms with van der Waals surface area (Å²) in [4.78, 5) is 46.6. The van der Waals surface area contributed by atoms with Crippen LogP contribution in [-0.2, 0) is 20.9 Å². The second-order valence-electron chi connectivity index (χ2n) is 7.04. The molecular weight excluding hydrogens is 410 g/mol. The smallest absolute Gasteiger partial charge is 0.343 e. The zero-order valence-corrected chi connectivity index (χ0v) is 17.6. The zero-order valence-electron chi connectivity index (χ0n) is 17.6. The monoisotopic (exact) mass is 431 g/mol.